The van der Waals surface area contributed by atoms with Gasteiger partial charge in [-0.2, -0.15) is 0 Å². The fraction of sp³-hybridized carbons (Fsp3) is 0.500. The number of benzene rings is 1. The molecule has 1 aliphatic heterocycles. The van der Waals surface area contributed by atoms with E-state index in [0.29, 0.717) is 6.54 Å². The molecule has 0 bridgehead atoms. The molecule has 1 N–H and O–H groups in total. The number of nitrogens with zero attached hydrogens (tertiary/aromatic N) is 1. The maximum atomic E-state index is 12.3. The Balaban J connectivity index is 1.86. The first-order valence-corrected chi connectivity index (χ1v) is 8.50. The normalized spacial score (nSPS) is 13.7. The molecule has 0 unspecified atom stereocenters. The van der Waals surface area contributed by atoms with Gasteiger partial charge in [-0.15, -0.1) is 11.8 Å². The van der Waals surface area contributed by atoms with Gasteiger partial charge in [0, 0.05) is 36.6 Å². The zero-order chi connectivity index (χ0) is 15.1. The van der Waals surface area contributed by atoms with Gasteiger partial charge >= 0.3 is 0 Å². The molecular weight excluding hydrogens is 284 g/mol. The molecule has 0 saturated heterocycles. The van der Waals surface area contributed by atoms with Gasteiger partial charge in [-0.1, -0.05) is 25.5 Å². The number of para-hydroxylation sites is 1. The molecule has 1 aliphatic rings. The number of rotatable bonds is 6. The molecule has 0 fully saturated rings. The molecule has 4 nitrogen and oxygen atoms in total. The van der Waals surface area contributed by atoms with Crippen LogP contribution in [0.25, 0.3) is 0 Å². The number of hydrogen-bond donors (Lipinski definition) is 1. The van der Waals surface area contributed by atoms with Crippen LogP contribution in [-0.2, 0) is 9.59 Å². The van der Waals surface area contributed by atoms with Crippen molar-refractivity contribution < 1.29 is 9.59 Å². The molecule has 0 spiro atoms. The van der Waals surface area contributed by atoms with Crippen LogP contribution in [0.2, 0.25) is 0 Å². The van der Waals surface area contributed by atoms with Gasteiger partial charge in [0.2, 0.25) is 11.8 Å². The molecule has 0 aliphatic carbocycles. The van der Waals surface area contributed by atoms with Gasteiger partial charge in [-0.05, 0) is 18.6 Å². The molecule has 0 aromatic heterocycles. The molecule has 1 aromatic rings. The first-order valence-electron chi connectivity index (χ1n) is 7.51. The Labute approximate surface area is 130 Å². The van der Waals surface area contributed by atoms with Crippen molar-refractivity contribution in [3.8, 4) is 0 Å². The van der Waals surface area contributed by atoms with E-state index >= 15 is 0 Å². The Hall–Kier alpha value is -1.49. The lowest BCUT2D eigenvalue weighted by atomic mass is 10.2. The van der Waals surface area contributed by atoms with Crippen molar-refractivity contribution in [3.05, 3.63) is 24.3 Å². The Morgan fingerprint density at radius 1 is 1.29 bits per heavy atom. The van der Waals surface area contributed by atoms with E-state index in [-0.39, 0.29) is 24.7 Å². The van der Waals surface area contributed by atoms with E-state index in [9.17, 15) is 9.59 Å². The largest absolute Gasteiger partial charge is 0.356 e. The van der Waals surface area contributed by atoms with E-state index in [0.717, 1.165) is 35.7 Å². The summed E-state index contributed by atoms with van der Waals surface area (Å²) >= 11 is 1.77. The van der Waals surface area contributed by atoms with E-state index in [1.54, 1.807) is 11.8 Å². The third-order valence-corrected chi connectivity index (χ3v) is 4.49. The average molecular weight is 306 g/mol. The standard InChI is InChI=1S/C16H22N2O2S/c1-2-3-10-17-15(19)8-9-16(20)18-11-12-21-14-7-5-4-6-13(14)18/h4-7H,2-3,8-12H2,1H3,(H,17,19). The first kappa shape index (κ1) is 15.9. The van der Waals surface area contributed by atoms with Gasteiger partial charge in [0.1, 0.15) is 0 Å². The highest BCUT2D eigenvalue weighted by Gasteiger charge is 2.22. The van der Waals surface area contributed by atoms with Crippen LogP contribution in [0.5, 0.6) is 0 Å². The van der Waals surface area contributed by atoms with Crippen molar-refractivity contribution in [2.45, 2.75) is 37.5 Å². The molecule has 114 valence electrons. The second kappa shape index (κ2) is 8.08. The summed E-state index contributed by atoms with van der Waals surface area (Å²) in [5, 5.41) is 2.85. The van der Waals surface area contributed by atoms with Crippen molar-refractivity contribution >= 4 is 29.3 Å². The van der Waals surface area contributed by atoms with Crippen molar-refractivity contribution in [1.29, 1.82) is 0 Å². The number of unbranched alkanes of at least 4 members (excludes halogenated alkanes) is 1. The summed E-state index contributed by atoms with van der Waals surface area (Å²) in [6.45, 7) is 3.51. The molecule has 0 radical (unpaired) electrons. The molecule has 2 rings (SSSR count). The van der Waals surface area contributed by atoms with Crippen LogP contribution in [0, 0.1) is 0 Å². The quantitative estimate of drug-likeness (QED) is 0.822. The molecule has 2 amide bonds. The highest BCUT2D eigenvalue weighted by Crippen LogP contribution is 2.34. The van der Waals surface area contributed by atoms with Gasteiger partial charge in [0.25, 0.3) is 0 Å². The summed E-state index contributed by atoms with van der Waals surface area (Å²) < 4.78 is 0. The maximum absolute atomic E-state index is 12.3. The highest BCUT2D eigenvalue weighted by atomic mass is 32.2. The molecule has 1 heterocycles. The summed E-state index contributed by atoms with van der Waals surface area (Å²) in [4.78, 5) is 27.0. The highest BCUT2D eigenvalue weighted by molar-refractivity contribution is 7.99. The number of fused-ring (bicyclic) bond motifs is 1. The van der Waals surface area contributed by atoms with Gasteiger partial charge in [0.05, 0.1) is 5.69 Å². The predicted molar refractivity (Wildman–Crippen MR) is 86.7 cm³/mol. The van der Waals surface area contributed by atoms with E-state index in [1.165, 1.54) is 0 Å². The lowest BCUT2D eigenvalue weighted by molar-refractivity contribution is -0.125. The second-order valence-electron chi connectivity index (χ2n) is 5.07. The number of thioether (sulfide) groups is 1. The van der Waals surface area contributed by atoms with E-state index in [1.807, 2.05) is 29.2 Å². The predicted octanol–water partition coefficient (Wildman–Crippen LogP) is 2.82. The molecule has 1 aromatic carbocycles. The molecule has 5 heteroatoms. The van der Waals surface area contributed by atoms with Gasteiger partial charge in [-0.25, -0.2) is 0 Å². The SMILES string of the molecule is CCCCNC(=O)CCC(=O)N1CCSc2ccccc21. The Morgan fingerprint density at radius 2 is 2.10 bits per heavy atom. The number of carbonyl (C=O) groups is 2. The number of anilines is 1. The number of amides is 2. The lowest BCUT2D eigenvalue weighted by Gasteiger charge is -2.29. The topological polar surface area (TPSA) is 49.4 Å². The van der Waals surface area contributed by atoms with Gasteiger partial charge in [0.15, 0.2) is 0 Å². The Kier molecular flexibility index (Phi) is 6.11. The Morgan fingerprint density at radius 3 is 2.90 bits per heavy atom. The van der Waals surface area contributed by atoms with Crippen molar-refractivity contribution in [1.82, 2.24) is 5.32 Å². The third kappa shape index (κ3) is 4.49. The summed E-state index contributed by atoms with van der Waals surface area (Å²) in [5.41, 5.74) is 0.977. The summed E-state index contributed by atoms with van der Waals surface area (Å²) in [7, 11) is 0. The second-order valence-corrected chi connectivity index (χ2v) is 6.20. The lowest BCUT2D eigenvalue weighted by Crippen LogP contribution is -2.36. The number of hydrogen-bond acceptors (Lipinski definition) is 3. The fourth-order valence-corrected chi connectivity index (χ4v) is 3.27. The van der Waals surface area contributed by atoms with Crippen LogP contribution < -0.4 is 10.2 Å². The average Bonchev–Trinajstić information content (AvgIpc) is 2.52. The Bertz CT molecular complexity index is 505. The first-order chi connectivity index (χ1) is 10.2. The monoisotopic (exact) mass is 306 g/mol. The van der Waals surface area contributed by atoms with Crippen LogP contribution in [0.3, 0.4) is 0 Å². The maximum Gasteiger partial charge on any atom is 0.227 e. The van der Waals surface area contributed by atoms with Crippen LogP contribution in [0.4, 0.5) is 5.69 Å². The minimum atomic E-state index is -0.0310. The number of carbonyl (C=O) groups excluding carboxylic acids is 2. The van der Waals surface area contributed by atoms with Crippen LogP contribution in [0.15, 0.2) is 29.2 Å². The zero-order valence-corrected chi connectivity index (χ0v) is 13.2. The van der Waals surface area contributed by atoms with Gasteiger partial charge in [-0.3, -0.25) is 9.59 Å². The smallest absolute Gasteiger partial charge is 0.227 e. The third-order valence-electron chi connectivity index (χ3n) is 3.45. The number of nitrogens with one attached hydrogen (secondary N) is 1. The molecule has 0 saturated carbocycles. The van der Waals surface area contributed by atoms with Gasteiger partial charge < -0.3 is 10.2 Å². The minimum Gasteiger partial charge on any atom is -0.356 e. The minimum absolute atomic E-state index is 0.0310. The van der Waals surface area contributed by atoms with E-state index in [4.69, 9.17) is 0 Å². The van der Waals surface area contributed by atoms with Crippen LogP contribution in [0.1, 0.15) is 32.6 Å². The summed E-state index contributed by atoms with van der Waals surface area (Å²) in [6, 6.07) is 7.95. The van der Waals surface area contributed by atoms with Crippen molar-refractivity contribution in [2.75, 3.05) is 23.7 Å². The molecule has 21 heavy (non-hydrogen) atoms. The van der Waals surface area contributed by atoms with Crippen molar-refractivity contribution in [3.63, 3.8) is 0 Å². The zero-order valence-electron chi connectivity index (χ0n) is 12.4. The summed E-state index contributed by atoms with van der Waals surface area (Å²) in [6.07, 6.45) is 2.59. The van der Waals surface area contributed by atoms with E-state index in [2.05, 4.69) is 12.2 Å². The summed E-state index contributed by atoms with van der Waals surface area (Å²) in [5.74, 6) is 0.913. The van der Waals surface area contributed by atoms with Crippen molar-refractivity contribution in [2.24, 2.45) is 0 Å². The van der Waals surface area contributed by atoms with Crippen LogP contribution in [-0.4, -0.2) is 30.7 Å². The molecule has 0 atom stereocenters. The van der Waals surface area contributed by atoms with Crippen LogP contribution >= 0.6 is 11.8 Å². The fourth-order valence-electron chi connectivity index (χ4n) is 2.28. The van der Waals surface area contributed by atoms with E-state index < -0.39 is 0 Å². The molecular formula is C16H22N2O2S.